The lowest BCUT2D eigenvalue weighted by molar-refractivity contribution is -0.139. The minimum Gasteiger partial charge on any atom is -0.461 e. The van der Waals surface area contributed by atoms with Gasteiger partial charge in [-0.1, -0.05) is 13.2 Å². The molecule has 0 atom stereocenters. The van der Waals surface area contributed by atoms with Crippen LogP contribution in [0.25, 0.3) is 0 Å². The molecule has 0 radical (unpaired) electrons. The third-order valence-electron chi connectivity index (χ3n) is 4.61. The van der Waals surface area contributed by atoms with E-state index in [0.717, 1.165) is 6.08 Å². The molecule has 0 spiro atoms. The molecule has 2 N–H and O–H groups in total. The first kappa shape index (κ1) is 27.0. The third kappa shape index (κ3) is 8.25. The Morgan fingerprint density at radius 1 is 0.971 bits per heavy atom. The predicted octanol–water partition coefficient (Wildman–Crippen LogP) is 1.45. The van der Waals surface area contributed by atoms with Crippen LogP contribution in [0.4, 0.5) is 9.59 Å². The van der Waals surface area contributed by atoms with E-state index in [-0.39, 0.29) is 31.9 Å². The van der Waals surface area contributed by atoms with E-state index in [4.69, 9.17) is 9.47 Å². The lowest BCUT2D eigenvalue weighted by atomic mass is 10.2. The number of carbonyl (C=O) groups is 4. The molecule has 0 saturated carbocycles. The summed E-state index contributed by atoms with van der Waals surface area (Å²) in [6.07, 6.45) is 1.96. The lowest BCUT2D eigenvalue weighted by Gasteiger charge is -2.09. The van der Waals surface area contributed by atoms with Crippen LogP contribution in [0.15, 0.2) is 36.9 Å². The number of hydrogen-bond donors (Lipinski definition) is 2. The van der Waals surface area contributed by atoms with Crippen LogP contribution in [-0.4, -0.2) is 69.9 Å². The van der Waals surface area contributed by atoms with E-state index < -0.39 is 24.0 Å². The van der Waals surface area contributed by atoms with Gasteiger partial charge in [-0.15, -0.1) is 0 Å². The molecule has 0 unspecified atom stereocenters. The van der Waals surface area contributed by atoms with Crippen molar-refractivity contribution in [1.82, 2.24) is 30.2 Å². The number of aryl methyl sites for hydroxylation is 4. The number of amides is 2. The second-order valence-electron chi connectivity index (χ2n) is 7.63. The maximum Gasteiger partial charge on any atom is 0.342 e. The summed E-state index contributed by atoms with van der Waals surface area (Å²) in [6, 6.07) is 2.68. The number of carbonyl (C=O) groups excluding carboxylic acids is 4. The van der Waals surface area contributed by atoms with E-state index in [0.29, 0.717) is 35.6 Å². The number of nitrogens with one attached hydrogen (secondary N) is 2. The number of aromatic nitrogens is 4. The first-order chi connectivity index (χ1) is 16.6. The molecule has 0 aromatic carbocycles. The van der Waals surface area contributed by atoms with Gasteiger partial charge in [-0.05, 0) is 45.7 Å². The number of rotatable bonds is 11. The molecule has 0 aliphatic carbocycles. The highest BCUT2D eigenvalue weighted by atomic mass is 16.5. The minimum atomic E-state index is -0.564. The Bertz CT molecular complexity index is 1120. The molecule has 2 amide bonds. The van der Waals surface area contributed by atoms with Gasteiger partial charge in [-0.3, -0.25) is 0 Å². The third-order valence-corrected chi connectivity index (χ3v) is 4.61. The predicted molar refractivity (Wildman–Crippen MR) is 126 cm³/mol. The lowest BCUT2D eigenvalue weighted by Crippen LogP contribution is -2.33. The Kier molecular flexibility index (Phi) is 9.94. The monoisotopic (exact) mass is 486 g/mol. The van der Waals surface area contributed by atoms with Crippen molar-refractivity contribution in [3.8, 4) is 0 Å². The molecule has 0 bridgehead atoms. The van der Waals surface area contributed by atoms with Gasteiger partial charge in [-0.25, -0.2) is 19.2 Å². The fourth-order valence-corrected chi connectivity index (χ4v) is 2.97. The molecule has 0 saturated heterocycles. The molecule has 12 nitrogen and oxygen atoms in total. The highest BCUT2D eigenvalue weighted by Gasteiger charge is 2.16. The molecular weight excluding hydrogens is 456 g/mol. The summed E-state index contributed by atoms with van der Waals surface area (Å²) in [5, 5.41) is 13.8. The Morgan fingerprint density at radius 2 is 1.60 bits per heavy atom. The first-order valence-corrected chi connectivity index (χ1v) is 10.9. The van der Waals surface area contributed by atoms with Crippen LogP contribution in [-0.2, 0) is 31.9 Å². The van der Waals surface area contributed by atoms with Gasteiger partial charge < -0.3 is 20.1 Å². The molecule has 2 heterocycles. The summed E-state index contributed by atoms with van der Waals surface area (Å²) in [7, 11) is 0. The van der Waals surface area contributed by atoms with Crippen molar-refractivity contribution in [2.45, 2.75) is 33.6 Å². The molecule has 0 aliphatic heterocycles. The van der Waals surface area contributed by atoms with Crippen molar-refractivity contribution in [2.24, 2.45) is 0 Å². The van der Waals surface area contributed by atoms with Crippen molar-refractivity contribution in [3.63, 3.8) is 0 Å². The zero-order chi connectivity index (χ0) is 26.0. The van der Waals surface area contributed by atoms with Crippen LogP contribution in [0, 0.1) is 13.8 Å². The smallest absolute Gasteiger partial charge is 0.342 e. The molecule has 0 aliphatic rings. The van der Waals surface area contributed by atoms with Crippen LogP contribution in [0.1, 0.15) is 29.7 Å². The summed E-state index contributed by atoms with van der Waals surface area (Å²) in [5.41, 5.74) is 2.91. The molecule has 2 aromatic rings. The summed E-state index contributed by atoms with van der Waals surface area (Å²) in [4.78, 5) is 47.3. The molecule has 2 rings (SSSR count). The fourth-order valence-electron chi connectivity index (χ4n) is 2.97. The van der Waals surface area contributed by atoms with Gasteiger partial charge in [0, 0.05) is 23.0 Å². The summed E-state index contributed by atoms with van der Waals surface area (Å²) in [5.74, 6) is -1.08. The summed E-state index contributed by atoms with van der Waals surface area (Å²) < 4.78 is 12.3. The zero-order valence-electron chi connectivity index (χ0n) is 20.1. The Labute approximate surface area is 203 Å². The van der Waals surface area contributed by atoms with Crippen molar-refractivity contribution >= 4 is 24.0 Å². The van der Waals surface area contributed by atoms with Gasteiger partial charge in [-0.2, -0.15) is 19.6 Å². The van der Waals surface area contributed by atoms with Crippen molar-refractivity contribution < 1.29 is 28.7 Å². The first-order valence-electron chi connectivity index (χ1n) is 10.9. The molecular formula is C23H30N6O6. The fraction of sp³-hybridized carbons (Fsp3) is 0.391. The van der Waals surface area contributed by atoms with E-state index in [9.17, 15) is 19.2 Å². The van der Waals surface area contributed by atoms with E-state index in [1.807, 2.05) is 0 Å². The molecule has 2 aromatic heterocycles. The zero-order valence-corrected chi connectivity index (χ0v) is 20.1. The second-order valence-corrected chi connectivity index (χ2v) is 7.63. The number of esters is 2. The quantitative estimate of drug-likeness (QED) is 0.276. The minimum absolute atomic E-state index is 0.0164. The topological polar surface area (TPSA) is 146 Å². The van der Waals surface area contributed by atoms with E-state index in [1.165, 1.54) is 9.36 Å². The standard InChI is InChI=1S/C23H30N6O6/c1-6-20(30)34-11-9-24-22(32)28-17(5)14-18(27-28)7-8-19-13-16(4)26-29(19)23(33)25-10-12-35-21(31)15(2)3/h6,13-14H,1-2,7-12H2,3-5H3,(H,24,32)(H,25,33). The molecule has 35 heavy (non-hydrogen) atoms. The normalized spacial score (nSPS) is 10.4. The number of hydrogen-bond acceptors (Lipinski definition) is 8. The van der Waals surface area contributed by atoms with Crippen LogP contribution in [0.2, 0.25) is 0 Å². The average Bonchev–Trinajstić information content (AvgIpc) is 3.39. The van der Waals surface area contributed by atoms with Crippen LogP contribution in [0.3, 0.4) is 0 Å². The van der Waals surface area contributed by atoms with Gasteiger partial charge >= 0.3 is 24.0 Å². The SMILES string of the molecule is C=CC(=O)OCCNC(=O)n1nc(CCc2cc(C)nn2C(=O)NCCOC(=O)C(=C)C)cc1C. The van der Waals surface area contributed by atoms with E-state index in [2.05, 4.69) is 34.0 Å². The van der Waals surface area contributed by atoms with Gasteiger partial charge in [0.2, 0.25) is 0 Å². The number of ether oxygens (including phenoxy) is 2. The van der Waals surface area contributed by atoms with E-state index >= 15 is 0 Å². The Hall–Kier alpha value is -4.22. The van der Waals surface area contributed by atoms with Crippen molar-refractivity contribution in [3.05, 3.63) is 59.7 Å². The second kappa shape index (κ2) is 12.9. The number of nitrogens with zero attached hydrogens (tertiary/aromatic N) is 4. The maximum atomic E-state index is 12.5. The van der Waals surface area contributed by atoms with Crippen LogP contribution < -0.4 is 10.6 Å². The average molecular weight is 487 g/mol. The van der Waals surface area contributed by atoms with Crippen molar-refractivity contribution in [1.29, 1.82) is 0 Å². The van der Waals surface area contributed by atoms with Crippen LogP contribution in [0.5, 0.6) is 0 Å². The molecule has 188 valence electrons. The highest BCUT2D eigenvalue weighted by Crippen LogP contribution is 2.10. The molecule has 12 heteroatoms. The maximum absolute atomic E-state index is 12.5. The van der Waals surface area contributed by atoms with Gasteiger partial charge in [0.15, 0.2) is 0 Å². The van der Waals surface area contributed by atoms with Crippen molar-refractivity contribution in [2.75, 3.05) is 26.3 Å². The Balaban J connectivity index is 1.90. The summed E-state index contributed by atoms with van der Waals surface area (Å²) in [6.45, 7) is 12.1. The summed E-state index contributed by atoms with van der Waals surface area (Å²) >= 11 is 0. The largest absolute Gasteiger partial charge is 0.461 e. The van der Waals surface area contributed by atoms with Gasteiger partial charge in [0.05, 0.1) is 24.5 Å². The Morgan fingerprint density at radius 3 is 2.23 bits per heavy atom. The van der Waals surface area contributed by atoms with Gasteiger partial charge in [0.1, 0.15) is 13.2 Å². The van der Waals surface area contributed by atoms with E-state index in [1.54, 1.807) is 32.9 Å². The van der Waals surface area contributed by atoms with Gasteiger partial charge in [0.25, 0.3) is 0 Å². The molecule has 0 fully saturated rings. The highest BCUT2D eigenvalue weighted by molar-refractivity contribution is 5.87. The van der Waals surface area contributed by atoms with Crippen LogP contribution >= 0.6 is 0 Å².